The van der Waals surface area contributed by atoms with Crippen LogP contribution < -0.4 is 5.43 Å². The molecule has 1 N–H and O–H groups in total. The van der Waals surface area contributed by atoms with E-state index in [1.165, 1.54) is 17.0 Å². The normalized spacial score (nSPS) is 10.4. The van der Waals surface area contributed by atoms with Crippen LogP contribution in [0.1, 0.15) is 17.0 Å². The highest BCUT2D eigenvalue weighted by atomic mass is 32.1. The zero-order chi connectivity index (χ0) is 9.97. The molecule has 0 aliphatic carbocycles. The highest BCUT2D eigenvalue weighted by molar-refractivity contribution is 7.07. The van der Waals surface area contributed by atoms with Crippen LogP contribution in [0.15, 0.2) is 29.0 Å². The Morgan fingerprint density at radius 2 is 1.93 bits per heavy atom. The van der Waals surface area contributed by atoms with Crippen LogP contribution in [0.25, 0.3) is 0 Å². The first-order chi connectivity index (χ1) is 6.77. The molecule has 0 aromatic carbocycles. The van der Waals surface area contributed by atoms with Gasteiger partial charge in [-0.2, -0.15) is 11.3 Å². The molecule has 2 aromatic heterocycles. The molecule has 0 fully saturated rings. The van der Waals surface area contributed by atoms with Crippen molar-refractivity contribution < 1.29 is 0 Å². The zero-order valence-electron chi connectivity index (χ0n) is 8.45. The van der Waals surface area contributed by atoms with E-state index in [0.29, 0.717) is 0 Å². The van der Waals surface area contributed by atoms with Crippen molar-refractivity contribution in [2.45, 2.75) is 20.4 Å². The van der Waals surface area contributed by atoms with E-state index in [0.717, 1.165) is 6.54 Å². The van der Waals surface area contributed by atoms with Crippen LogP contribution >= 0.6 is 11.3 Å². The Balaban J connectivity index is 2.05. The molecular weight excluding hydrogens is 192 g/mol. The van der Waals surface area contributed by atoms with Crippen LogP contribution in [0.4, 0.5) is 0 Å². The Labute approximate surface area is 88.2 Å². The number of nitrogens with zero attached hydrogens (tertiary/aromatic N) is 1. The minimum absolute atomic E-state index is 0.889. The highest BCUT2D eigenvalue weighted by Crippen LogP contribution is 2.08. The molecule has 2 aromatic rings. The van der Waals surface area contributed by atoms with Crippen molar-refractivity contribution >= 4 is 11.3 Å². The van der Waals surface area contributed by atoms with Gasteiger partial charge in [0.1, 0.15) is 0 Å². The average molecular weight is 206 g/mol. The third-order valence-corrected chi connectivity index (χ3v) is 3.02. The molecule has 0 spiro atoms. The van der Waals surface area contributed by atoms with Gasteiger partial charge in [-0.1, -0.05) is 0 Å². The predicted molar refractivity (Wildman–Crippen MR) is 61.3 cm³/mol. The summed E-state index contributed by atoms with van der Waals surface area (Å²) in [5.41, 5.74) is 7.22. The Morgan fingerprint density at radius 1 is 1.21 bits per heavy atom. The maximum atomic E-state index is 3.39. The number of nitrogens with one attached hydrogen (secondary N) is 1. The van der Waals surface area contributed by atoms with E-state index in [4.69, 9.17) is 0 Å². The second kappa shape index (κ2) is 3.88. The molecule has 0 radical (unpaired) electrons. The van der Waals surface area contributed by atoms with E-state index < -0.39 is 0 Å². The number of rotatable bonds is 3. The third-order valence-electron chi connectivity index (χ3n) is 2.29. The molecular formula is C11H14N2S. The zero-order valence-corrected chi connectivity index (χ0v) is 9.27. The minimum atomic E-state index is 0.889. The van der Waals surface area contributed by atoms with E-state index in [9.17, 15) is 0 Å². The number of hydrogen-bond donors (Lipinski definition) is 1. The molecule has 3 heteroatoms. The van der Waals surface area contributed by atoms with Gasteiger partial charge < -0.3 is 5.43 Å². The van der Waals surface area contributed by atoms with Crippen LogP contribution in [0, 0.1) is 13.8 Å². The molecule has 74 valence electrons. The number of aromatic nitrogens is 1. The molecule has 2 heterocycles. The monoisotopic (exact) mass is 206 g/mol. The van der Waals surface area contributed by atoms with Gasteiger partial charge in [0.15, 0.2) is 0 Å². The first-order valence-corrected chi connectivity index (χ1v) is 5.61. The van der Waals surface area contributed by atoms with Gasteiger partial charge >= 0.3 is 0 Å². The number of aryl methyl sites for hydroxylation is 2. The fourth-order valence-corrected chi connectivity index (χ4v) is 2.15. The molecule has 2 rings (SSSR count). The summed E-state index contributed by atoms with van der Waals surface area (Å²) < 4.78 is 2.12. The first kappa shape index (κ1) is 9.34. The molecule has 0 saturated carbocycles. The Kier molecular flexibility index (Phi) is 2.59. The van der Waals surface area contributed by atoms with Crippen LogP contribution in [0.5, 0.6) is 0 Å². The van der Waals surface area contributed by atoms with Crippen molar-refractivity contribution in [1.29, 1.82) is 0 Å². The lowest BCUT2D eigenvalue weighted by molar-refractivity contribution is 0.793. The summed E-state index contributed by atoms with van der Waals surface area (Å²) in [7, 11) is 0. The van der Waals surface area contributed by atoms with Crippen LogP contribution in [0.3, 0.4) is 0 Å². The lowest BCUT2D eigenvalue weighted by Gasteiger charge is -2.11. The largest absolute Gasteiger partial charge is 0.322 e. The van der Waals surface area contributed by atoms with Gasteiger partial charge in [-0.25, -0.2) is 0 Å². The van der Waals surface area contributed by atoms with Crippen molar-refractivity contribution in [3.8, 4) is 0 Å². The second-order valence-corrected chi connectivity index (χ2v) is 4.20. The van der Waals surface area contributed by atoms with Crippen LogP contribution in [0.2, 0.25) is 0 Å². The van der Waals surface area contributed by atoms with Gasteiger partial charge in [0.25, 0.3) is 0 Å². The highest BCUT2D eigenvalue weighted by Gasteiger charge is 1.99. The molecule has 0 unspecified atom stereocenters. The topological polar surface area (TPSA) is 17.0 Å². The minimum Gasteiger partial charge on any atom is -0.322 e. The fraction of sp³-hybridized carbons (Fsp3) is 0.273. The Morgan fingerprint density at radius 3 is 2.50 bits per heavy atom. The smallest absolute Gasteiger partial charge is 0.0572 e. The third kappa shape index (κ3) is 1.82. The molecule has 14 heavy (non-hydrogen) atoms. The molecule has 0 aliphatic heterocycles. The van der Waals surface area contributed by atoms with Gasteiger partial charge in [0.2, 0.25) is 0 Å². The Hall–Kier alpha value is -1.22. The van der Waals surface area contributed by atoms with E-state index >= 15 is 0 Å². The van der Waals surface area contributed by atoms with Gasteiger partial charge in [0, 0.05) is 11.4 Å². The van der Waals surface area contributed by atoms with Gasteiger partial charge in [-0.05, 0) is 48.4 Å². The second-order valence-electron chi connectivity index (χ2n) is 3.42. The summed E-state index contributed by atoms with van der Waals surface area (Å²) >= 11 is 1.74. The first-order valence-electron chi connectivity index (χ1n) is 4.67. The number of hydrogen-bond acceptors (Lipinski definition) is 2. The summed E-state index contributed by atoms with van der Waals surface area (Å²) in [5, 5.41) is 4.27. The summed E-state index contributed by atoms with van der Waals surface area (Å²) in [6.45, 7) is 5.10. The van der Waals surface area contributed by atoms with Crippen molar-refractivity contribution in [2.24, 2.45) is 0 Å². The van der Waals surface area contributed by atoms with Crippen molar-refractivity contribution in [3.05, 3.63) is 45.9 Å². The maximum Gasteiger partial charge on any atom is 0.0572 e. The summed E-state index contributed by atoms with van der Waals surface area (Å²) in [4.78, 5) is 0. The van der Waals surface area contributed by atoms with Crippen molar-refractivity contribution in [3.63, 3.8) is 0 Å². The van der Waals surface area contributed by atoms with E-state index in [2.05, 4.69) is 52.9 Å². The SMILES string of the molecule is Cc1ccc(C)n1NCc1ccsc1. The van der Waals surface area contributed by atoms with Gasteiger partial charge in [-0.3, -0.25) is 4.68 Å². The van der Waals surface area contributed by atoms with Crippen molar-refractivity contribution in [1.82, 2.24) is 4.68 Å². The Bertz CT molecular complexity index is 381. The van der Waals surface area contributed by atoms with Gasteiger partial charge in [0.05, 0.1) is 6.54 Å². The van der Waals surface area contributed by atoms with Crippen LogP contribution in [-0.4, -0.2) is 4.68 Å². The summed E-state index contributed by atoms with van der Waals surface area (Å²) in [6.07, 6.45) is 0. The molecule has 0 aliphatic rings. The standard InChI is InChI=1S/C11H14N2S/c1-9-3-4-10(2)13(9)12-7-11-5-6-14-8-11/h3-6,8,12H,7H2,1-2H3. The molecule has 0 amide bonds. The lowest BCUT2D eigenvalue weighted by atomic mass is 10.3. The maximum absolute atomic E-state index is 3.39. The van der Waals surface area contributed by atoms with E-state index in [1.807, 2.05) is 0 Å². The van der Waals surface area contributed by atoms with Crippen molar-refractivity contribution in [2.75, 3.05) is 5.43 Å². The fourth-order valence-electron chi connectivity index (χ4n) is 1.48. The van der Waals surface area contributed by atoms with Gasteiger partial charge in [-0.15, -0.1) is 0 Å². The molecule has 0 bridgehead atoms. The van der Waals surface area contributed by atoms with Crippen LogP contribution in [-0.2, 0) is 6.54 Å². The van der Waals surface area contributed by atoms with E-state index in [1.54, 1.807) is 11.3 Å². The summed E-state index contributed by atoms with van der Waals surface area (Å²) in [5.74, 6) is 0. The average Bonchev–Trinajstić information content (AvgIpc) is 2.76. The molecule has 2 nitrogen and oxygen atoms in total. The predicted octanol–water partition coefficient (Wildman–Crippen LogP) is 2.91. The quantitative estimate of drug-likeness (QED) is 0.817. The summed E-state index contributed by atoms with van der Waals surface area (Å²) in [6, 6.07) is 6.39. The number of thiophene rings is 1. The molecule has 0 saturated heterocycles. The molecule has 0 atom stereocenters. The lowest BCUT2D eigenvalue weighted by Crippen LogP contribution is -2.16. The van der Waals surface area contributed by atoms with E-state index in [-0.39, 0.29) is 0 Å².